The second-order valence-corrected chi connectivity index (χ2v) is 10.4. The highest BCUT2D eigenvalue weighted by Crippen LogP contribution is 2.42. The summed E-state index contributed by atoms with van der Waals surface area (Å²) >= 11 is 1.78. The number of aromatic nitrogens is 2. The van der Waals surface area contributed by atoms with E-state index in [4.69, 9.17) is 19.1 Å². The fraction of sp³-hybridized carbons (Fsp3) is 0.423. The standard InChI is InChI=1S/C26H27N3O3S/c1-15-6-9-18-21(12-15)33-25-22(18)24(29-10-4-3-5-11-29)27-23(28-25)19-13-16-7-8-17(31-2)14-20(16)32-26(19)30/h7-8,13-15H,3-6,9-12H2,1-2H3/t15-/m1/s1. The molecule has 1 saturated heterocycles. The van der Waals surface area contributed by atoms with E-state index >= 15 is 0 Å². The molecule has 0 radical (unpaired) electrons. The van der Waals surface area contributed by atoms with Crippen LogP contribution in [0.4, 0.5) is 5.82 Å². The summed E-state index contributed by atoms with van der Waals surface area (Å²) in [5.74, 6) is 2.81. The maximum atomic E-state index is 13.0. The number of hydrogen-bond donors (Lipinski definition) is 0. The Morgan fingerprint density at radius 1 is 1.15 bits per heavy atom. The molecule has 0 spiro atoms. The predicted octanol–water partition coefficient (Wildman–Crippen LogP) is 5.59. The Morgan fingerprint density at radius 3 is 2.82 bits per heavy atom. The van der Waals surface area contributed by atoms with Crippen LogP contribution in [0.1, 0.15) is 43.0 Å². The van der Waals surface area contributed by atoms with Gasteiger partial charge in [-0.05, 0) is 68.2 Å². The Hall–Kier alpha value is -2.93. The number of piperidine rings is 1. The molecule has 1 aromatic carbocycles. The van der Waals surface area contributed by atoms with Gasteiger partial charge < -0.3 is 14.1 Å². The minimum atomic E-state index is -0.422. The van der Waals surface area contributed by atoms with Gasteiger partial charge in [0.15, 0.2) is 5.82 Å². The van der Waals surface area contributed by atoms with Gasteiger partial charge in [0.25, 0.3) is 0 Å². The summed E-state index contributed by atoms with van der Waals surface area (Å²) < 4.78 is 10.9. The number of hydrogen-bond acceptors (Lipinski definition) is 7. The van der Waals surface area contributed by atoms with Crippen LogP contribution in [0.2, 0.25) is 0 Å². The van der Waals surface area contributed by atoms with Gasteiger partial charge in [0, 0.05) is 29.4 Å². The van der Waals surface area contributed by atoms with Crippen LogP contribution in [-0.2, 0) is 12.8 Å². The summed E-state index contributed by atoms with van der Waals surface area (Å²) in [5, 5.41) is 2.04. The lowest BCUT2D eigenvalue weighted by molar-refractivity contribution is 0.414. The molecule has 2 aliphatic rings. The zero-order valence-electron chi connectivity index (χ0n) is 19.0. The third-order valence-electron chi connectivity index (χ3n) is 6.98. The molecule has 0 bridgehead atoms. The van der Waals surface area contributed by atoms with Crippen LogP contribution in [0.15, 0.2) is 33.5 Å². The molecular weight excluding hydrogens is 434 g/mol. The van der Waals surface area contributed by atoms with E-state index in [0.717, 1.165) is 42.0 Å². The summed E-state index contributed by atoms with van der Waals surface area (Å²) in [6.07, 6.45) is 6.99. The first-order valence-electron chi connectivity index (χ1n) is 11.8. The van der Waals surface area contributed by atoms with Crippen LogP contribution in [0, 0.1) is 5.92 Å². The molecule has 1 aliphatic carbocycles. The van der Waals surface area contributed by atoms with Gasteiger partial charge in [0.1, 0.15) is 27.5 Å². The number of aryl methyl sites for hydroxylation is 1. The maximum Gasteiger partial charge on any atom is 0.347 e. The van der Waals surface area contributed by atoms with Crippen molar-refractivity contribution in [1.29, 1.82) is 0 Å². The van der Waals surface area contributed by atoms with Gasteiger partial charge in [-0.25, -0.2) is 14.8 Å². The van der Waals surface area contributed by atoms with Crippen LogP contribution >= 0.6 is 11.3 Å². The van der Waals surface area contributed by atoms with Crippen LogP contribution in [0.5, 0.6) is 5.75 Å². The molecule has 33 heavy (non-hydrogen) atoms. The largest absolute Gasteiger partial charge is 0.497 e. The lowest BCUT2D eigenvalue weighted by atomic mass is 9.89. The SMILES string of the molecule is COc1ccc2cc(-c3nc(N4CCCCC4)c4c5c(sc4n3)C[C@H](C)CC5)c(=O)oc2c1. The molecule has 4 aromatic rings. The quantitative estimate of drug-likeness (QED) is 0.371. The van der Waals surface area contributed by atoms with Crippen molar-refractivity contribution in [2.24, 2.45) is 5.92 Å². The maximum absolute atomic E-state index is 13.0. The summed E-state index contributed by atoms with van der Waals surface area (Å²) in [6, 6.07) is 7.34. The zero-order valence-corrected chi connectivity index (χ0v) is 19.8. The lowest BCUT2D eigenvalue weighted by Crippen LogP contribution is -2.30. The first kappa shape index (κ1) is 20.7. The molecule has 4 heterocycles. The first-order chi connectivity index (χ1) is 16.1. The lowest BCUT2D eigenvalue weighted by Gasteiger charge is -2.29. The van der Waals surface area contributed by atoms with E-state index in [-0.39, 0.29) is 0 Å². The van der Waals surface area contributed by atoms with Crippen LogP contribution in [0.25, 0.3) is 32.6 Å². The second-order valence-electron chi connectivity index (χ2n) is 9.30. The van der Waals surface area contributed by atoms with E-state index in [1.54, 1.807) is 24.5 Å². The van der Waals surface area contributed by atoms with Crippen molar-refractivity contribution >= 4 is 38.3 Å². The van der Waals surface area contributed by atoms with E-state index in [1.807, 2.05) is 18.2 Å². The van der Waals surface area contributed by atoms with Gasteiger partial charge in [0.2, 0.25) is 0 Å². The van der Waals surface area contributed by atoms with Gasteiger partial charge in [-0.15, -0.1) is 11.3 Å². The highest BCUT2D eigenvalue weighted by molar-refractivity contribution is 7.19. The van der Waals surface area contributed by atoms with Gasteiger partial charge in [-0.3, -0.25) is 0 Å². The fourth-order valence-electron chi connectivity index (χ4n) is 5.15. The van der Waals surface area contributed by atoms with Crippen molar-refractivity contribution in [3.8, 4) is 17.1 Å². The van der Waals surface area contributed by atoms with Gasteiger partial charge in [-0.1, -0.05) is 6.92 Å². The number of thiophene rings is 1. The van der Waals surface area contributed by atoms with Gasteiger partial charge in [0.05, 0.1) is 12.5 Å². The van der Waals surface area contributed by atoms with Crippen molar-refractivity contribution in [1.82, 2.24) is 9.97 Å². The summed E-state index contributed by atoms with van der Waals surface area (Å²) in [7, 11) is 1.60. The molecule has 6 nitrogen and oxygen atoms in total. The van der Waals surface area contributed by atoms with E-state index in [1.165, 1.54) is 41.5 Å². The molecule has 1 fully saturated rings. The van der Waals surface area contributed by atoms with E-state index in [0.29, 0.717) is 28.6 Å². The van der Waals surface area contributed by atoms with Crippen LogP contribution < -0.4 is 15.3 Å². The first-order valence-corrected chi connectivity index (χ1v) is 12.6. The number of rotatable bonds is 3. The molecule has 0 unspecified atom stereocenters. The monoisotopic (exact) mass is 461 g/mol. The number of nitrogens with zero attached hydrogens (tertiary/aromatic N) is 3. The molecule has 0 N–H and O–H groups in total. The highest BCUT2D eigenvalue weighted by atomic mass is 32.1. The Bertz CT molecular complexity index is 1420. The summed E-state index contributed by atoms with van der Waals surface area (Å²) in [5.41, 5.74) is 1.92. The smallest absolute Gasteiger partial charge is 0.347 e. The minimum absolute atomic E-state index is 0.410. The Morgan fingerprint density at radius 2 is 2.00 bits per heavy atom. The second kappa shape index (κ2) is 8.13. The average molecular weight is 462 g/mol. The number of methoxy groups -OCH3 is 1. The van der Waals surface area contributed by atoms with E-state index in [9.17, 15) is 4.79 Å². The molecule has 1 atom stereocenters. The zero-order chi connectivity index (χ0) is 22.5. The van der Waals surface area contributed by atoms with Crippen LogP contribution in [-0.4, -0.2) is 30.2 Å². The van der Waals surface area contributed by atoms with Gasteiger partial charge >= 0.3 is 5.63 Å². The Kier molecular flexibility index (Phi) is 5.09. The average Bonchev–Trinajstić information content (AvgIpc) is 3.20. The topological polar surface area (TPSA) is 68.5 Å². The molecule has 6 rings (SSSR count). The third kappa shape index (κ3) is 3.59. The molecule has 1 aliphatic heterocycles. The van der Waals surface area contributed by atoms with Gasteiger partial charge in [-0.2, -0.15) is 0 Å². The van der Waals surface area contributed by atoms with Crippen molar-refractivity contribution < 1.29 is 9.15 Å². The third-order valence-corrected chi connectivity index (χ3v) is 8.12. The number of anilines is 1. The normalized spacial score (nSPS) is 18.6. The van der Waals surface area contributed by atoms with Crippen LogP contribution in [0.3, 0.4) is 0 Å². The molecule has 0 amide bonds. The van der Waals surface area contributed by atoms with Crippen molar-refractivity contribution in [2.75, 3.05) is 25.1 Å². The van der Waals surface area contributed by atoms with Crippen molar-refractivity contribution in [3.05, 3.63) is 45.1 Å². The molecule has 170 valence electrons. The Labute approximate surface area is 196 Å². The number of ether oxygens (including phenoxy) is 1. The van der Waals surface area contributed by atoms with Crippen molar-refractivity contribution in [3.63, 3.8) is 0 Å². The van der Waals surface area contributed by atoms with Crippen molar-refractivity contribution in [2.45, 2.75) is 45.4 Å². The molecule has 7 heteroatoms. The minimum Gasteiger partial charge on any atom is -0.497 e. The summed E-state index contributed by atoms with van der Waals surface area (Å²) in [6.45, 7) is 4.32. The molecule has 0 saturated carbocycles. The van der Waals surface area contributed by atoms with E-state index in [2.05, 4.69) is 11.8 Å². The summed E-state index contributed by atoms with van der Waals surface area (Å²) in [4.78, 5) is 27.8. The van der Waals surface area contributed by atoms with E-state index < -0.39 is 5.63 Å². The number of fused-ring (bicyclic) bond motifs is 4. The molecule has 3 aromatic heterocycles. The molecular formula is C26H27N3O3S. The predicted molar refractivity (Wildman–Crippen MR) is 133 cm³/mol. The number of benzene rings is 1. The Balaban J connectivity index is 1.56. The highest BCUT2D eigenvalue weighted by Gasteiger charge is 2.27. The fourth-order valence-corrected chi connectivity index (χ4v) is 6.53.